The van der Waals surface area contributed by atoms with E-state index in [9.17, 15) is 24.8 Å². The number of methoxy groups -OCH3 is 1. The Morgan fingerprint density at radius 3 is 2.75 bits per heavy atom. The first-order chi connectivity index (χ1) is 15.4. The second kappa shape index (κ2) is 7.38. The molecule has 3 heterocycles. The van der Waals surface area contributed by atoms with E-state index < -0.39 is 27.8 Å². The van der Waals surface area contributed by atoms with Gasteiger partial charge in [-0.1, -0.05) is 6.07 Å². The molecule has 0 saturated heterocycles. The highest BCUT2D eigenvalue weighted by Crippen LogP contribution is 2.49. The van der Waals surface area contributed by atoms with Crippen LogP contribution in [0.5, 0.6) is 11.5 Å². The maximum atomic E-state index is 13.4. The topological polar surface area (TPSA) is 150 Å². The van der Waals surface area contributed by atoms with Gasteiger partial charge in [-0.3, -0.25) is 29.9 Å². The number of aromatic amines is 2. The van der Waals surface area contributed by atoms with Gasteiger partial charge in [0.25, 0.3) is 5.56 Å². The molecule has 1 aliphatic heterocycles. The molecule has 2 atom stereocenters. The first-order valence-corrected chi connectivity index (χ1v) is 10.7. The third-order valence-corrected chi connectivity index (χ3v) is 6.98. The summed E-state index contributed by atoms with van der Waals surface area (Å²) in [6, 6.07) is 6.55. The average molecular weight is 454 g/mol. The Bertz CT molecular complexity index is 1340. The van der Waals surface area contributed by atoms with Crippen molar-refractivity contribution in [3.63, 3.8) is 0 Å². The van der Waals surface area contributed by atoms with E-state index in [1.54, 1.807) is 11.3 Å². The van der Waals surface area contributed by atoms with Crippen molar-refractivity contribution < 1.29 is 19.6 Å². The van der Waals surface area contributed by atoms with Gasteiger partial charge in [-0.05, 0) is 29.5 Å². The molecule has 0 spiro atoms. The number of phenolic OH excluding ortho intramolecular Hbond substituents is 1. The van der Waals surface area contributed by atoms with Gasteiger partial charge in [-0.2, -0.15) is 0 Å². The number of hydrogen-bond acceptors (Lipinski definition) is 8. The summed E-state index contributed by atoms with van der Waals surface area (Å²) in [5.74, 6) is -1.29. The molecule has 4 N–H and O–H groups in total. The Labute approximate surface area is 184 Å². The molecule has 0 radical (unpaired) electrons. The molecule has 2 aliphatic rings. The number of carbonyl (C=O) groups is 1. The van der Waals surface area contributed by atoms with Crippen molar-refractivity contribution in [2.24, 2.45) is 0 Å². The molecule has 0 fully saturated rings. The van der Waals surface area contributed by atoms with Crippen LogP contribution in [0.4, 0.5) is 11.5 Å². The number of thiophene rings is 1. The number of rotatable bonds is 4. The number of allylic oxidation sites excluding steroid dienone is 2. The number of Topliss-reactive ketones (excluding diaryl/α,β-unsaturated/α-hetero) is 1. The van der Waals surface area contributed by atoms with E-state index in [-0.39, 0.29) is 29.4 Å². The van der Waals surface area contributed by atoms with Crippen LogP contribution < -0.4 is 15.6 Å². The Morgan fingerprint density at radius 1 is 1.25 bits per heavy atom. The van der Waals surface area contributed by atoms with Gasteiger partial charge in [0, 0.05) is 40.5 Å². The van der Waals surface area contributed by atoms with Crippen molar-refractivity contribution in [3.05, 3.63) is 77.4 Å². The maximum Gasteiger partial charge on any atom is 0.314 e. The minimum atomic E-state index is -0.846. The number of H-pyrrole nitrogens is 2. The standard InChI is InChI=1S/C21H18N4O6S/c1-31-14-8-10(6-12(19(14)27)25(29)30)16-17-11(22-20-18(16)21(28)24-23-20)5-9(7-13(17)26)15-3-2-4-32-15/h2-4,6,8-9,16,27H,5,7H2,1H3,(H3,22,23,24,28)/t9-,16-/m0/s1. The summed E-state index contributed by atoms with van der Waals surface area (Å²) >= 11 is 1.58. The highest BCUT2D eigenvalue weighted by Gasteiger charge is 2.41. The Balaban J connectivity index is 1.71. The molecule has 0 bridgehead atoms. The number of phenols is 1. The summed E-state index contributed by atoms with van der Waals surface area (Å²) in [4.78, 5) is 37.9. The lowest BCUT2D eigenvalue weighted by atomic mass is 9.74. The van der Waals surface area contributed by atoms with Gasteiger partial charge in [0.05, 0.1) is 17.6 Å². The first kappa shape index (κ1) is 20.1. The predicted octanol–water partition coefficient (Wildman–Crippen LogP) is 3.35. The van der Waals surface area contributed by atoms with Crippen molar-refractivity contribution in [2.75, 3.05) is 12.4 Å². The van der Waals surface area contributed by atoms with Crippen molar-refractivity contribution >= 4 is 28.6 Å². The summed E-state index contributed by atoms with van der Waals surface area (Å²) in [7, 11) is 1.28. The van der Waals surface area contributed by atoms with Gasteiger partial charge >= 0.3 is 5.69 Å². The smallest absolute Gasteiger partial charge is 0.314 e. The number of ketones is 1. The van der Waals surface area contributed by atoms with E-state index in [0.717, 1.165) is 4.88 Å². The molecule has 0 saturated carbocycles. The summed E-state index contributed by atoms with van der Waals surface area (Å²) in [5, 5.41) is 32.2. The number of ether oxygens (including phenoxy) is 1. The molecule has 32 heavy (non-hydrogen) atoms. The SMILES string of the molecule is COc1cc([C@H]2C3=C(C[C@H](c4cccs4)CC3=O)Nc3[nH][nH]c(=O)c32)cc([N+](=O)[O-])c1O. The van der Waals surface area contributed by atoms with E-state index in [4.69, 9.17) is 4.74 Å². The van der Waals surface area contributed by atoms with Crippen molar-refractivity contribution in [2.45, 2.75) is 24.7 Å². The van der Waals surface area contributed by atoms with Gasteiger partial charge in [-0.25, -0.2) is 0 Å². The maximum absolute atomic E-state index is 13.4. The minimum Gasteiger partial charge on any atom is -0.500 e. The fraction of sp³-hybridized carbons (Fsp3) is 0.238. The van der Waals surface area contributed by atoms with E-state index in [0.29, 0.717) is 29.1 Å². The van der Waals surface area contributed by atoms with Gasteiger partial charge in [-0.15, -0.1) is 11.3 Å². The summed E-state index contributed by atoms with van der Waals surface area (Å²) < 4.78 is 5.13. The molecule has 0 amide bonds. The number of anilines is 1. The third-order valence-electron chi connectivity index (χ3n) is 5.95. The van der Waals surface area contributed by atoms with Gasteiger partial charge in [0.2, 0.25) is 5.75 Å². The van der Waals surface area contributed by atoms with Crippen LogP contribution in [0, 0.1) is 10.1 Å². The number of nitro benzene ring substituents is 1. The Morgan fingerprint density at radius 2 is 2.06 bits per heavy atom. The van der Waals surface area contributed by atoms with Crippen molar-refractivity contribution in [1.29, 1.82) is 0 Å². The zero-order valence-electron chi connectivity index (χ0n) is 16.8. The molecule has 2 aromatic heterocycles. The highest BCUT2D eigenvalue weighted by atomic mass is 32.1. The first-order valence-electron chi connectivity index (χ1n) is 9.81. The number of aromatic nitrogens is 2. The van der Waals surface area contributed by atoms with E-state index in [1.165, 1.54) is 19.2 Å². The lowest BCUT2D eigenvalue weighted by Gasteiger charge is -2.34. The van der Waals surface area contributed by atoms with E-state index in [1.807, 2.05) is 17.5 Å². The van der Waals surface area contributed by atoms with Crippen LogP contribution in [0.15, 0.2) is 45.7 Å². The van der Waals surface area contributed by atoms with Crippen LogP contribution >= 0.6 is 11.3 Å². The molecule has 3 aromatic rings. The second-order valence-electron chi connectivity index (χ2n) is 7.71. The molecule has 11 heteroatoms. The number of hydrogen-bond donors (Lipinski definition) is 4. The second-order valence-corrected chi connectivity index (χ2v) is 8.69. The quantitative estimate of drug-likeness (QED) is 0.349. The largest absolute Gasteiger partial charge is 0.500 e. The number of nitrogens with one attached hydrogen (secondary N) is 3. The number of nitrogens with zero attached hydrogens (tertiary/aromatic N) is 1. The Kier molecular flexibility index (Phi) is 4.63. The molecule has 1 aliphatic carbocycles. The normalized spacial score (nSPS) is 19.8. The van der Waals surface area contributed by atoms with Crippen molar-refractivity contribution in [3.8, 4) is 11.5 Å². The van der Waals surface area contributed by atoms with Gasteiger partial charge < -0.3 is 15.2 Å². The molecule has 164 valence electrons. The number of nitro groups is 1. The molecule has 5 rings (SSSR count). The van der Waals surface area contributed by atoms with Crippen molar-refractivity contribution in [1.82, 2.24) is 10.2 Å². The van der Waals surface area contributed by atoms with Crippen LogP contribution in [0.3, 0.4) is 0 Å². The summed E-state index contributed by atoms with van der Waals surface area (Å²) in [6.45, 7) is 0. The highest BCUT2D eigenvalue weighted by molar-refractivity contribution is 7.10. The van der Waals surface area contributed by atoms with Gasteiger partial charge in [0.15, 0.2) is 11.5 Å². The summed E-state index contributed by atoms with van der Waals surface area (Å²) in [5.41, 5.74) is 0.642. The number of fused-ring (bicyclic) bond motifs is 1. The molecule has 10 nitrogen and oxygen atoms in total. The summed E-state index contributed by atoms with van der Waals surface area (Å²) in [6.07, 6.45) is 0.828. The van der Waals surface area contributed by atoms with E-state index in [2.05, 4.69) is 15.5 Å². The fourth-order valence-corrected chi connectivity index (χ4v) is 5.38. The lowest BCUT2D eigenvalue weighted by Crippen LogP contribution is -2.31. The molecule has 1 aromatic carbocycles. The number of benzene rings is 1. The number of aromatic hydroxyl groups is 1. The fourth-order valence-electron chi connectivity index (χ4n) is 4.55. The number of carbonyl (C=O) groups excluding carboxylic acids is 1. The van der Waals surface area contributed by atoms with Crippen LogP contribution in [-0.2, 0) is 4.79 Å². The average Bonchev–Trinajstić information content (AvgIpc) is 3.43. The minimum absolute atomic E-state index is 0.00491. The van der Waals surface area contributed by atoms with E-state index >= 15 is 0 Å². The van der Waals surface area contributed by atoms with Gasteiger partial charge in [0.1, 0.15) is 5.82 Å². The van der Waals surface area contributed by atoms with Crippen LogP contribution in [0.25, 0.3) is 0 Å². The molecule has 0 unspecified atom stereocenters. The van der Waals surface area contributed by atoms with Crippen LogP contribution in [-0.4, -0.2) is 33.1 Å². The molecular formula is C21H18N4O6S. The Hall–Kier alpha value is -3.86. The predicted molar refractivity (Wildman–Crippen MR) is 117 cm³/mol. The zero-order chi connectivity index (χ0) is 22.6. The third kappa shape index (κ3) is 3.01. The molecular weight excluding hydrogens is 436 g/mol. The zero-order valence-corrected chi connectivity index (χ0v) is 17.6. The monoisotopic (exact) mass is 454 g/mol. The van der Waals surface area contributed by atoms with Crippen LogP contribution in [0.2, 0.25) is 0 Å². The van der Waals surface area contributed by atoms with Crippen LogP contribution in [0.1, 0.15) is 40.7 Å². The lowest BCUT2D eigenvalue weighted by molar-refractivity contribution is -0.386.